The van der Waals surface area contributed by atoms with E-state index in [1.165, 1.54) is 5.01 Å². The Bertz CT molecular complexity index is 979. The van der Waals surface area contributed by atoms with E-state index in [4.69, 9.17) is 16.0 Å². The summed E-state index contributed by atoms with van der Waals surface area (Å²) in [5.41, 5.74) is 3.34. The molecular formula is C21H17ClN2O2. The molecule has 3 aromatic rings. The van der Waals surface area contributed by atoms with Crippen molar-refractivity contribution < 1.29 is 9.21 Å². The molecule has 0 saturated heterocycles. The second kappa shape index (κ2) is 6.81. The minimum Gasteiger partial charge on any atom is -0.463 e. The van der Waals surface area contributed by atoms with Crippen molar-refractivity contribution in [2.45, 2.75) is 19.4 Å². The molecule has 1 aliphatic rings. The zero-order valence-corrected chi connectivity index (χ0v) is 15.0. The van der Waals surface area contributed by atoms with Gasteiger partial charge in [-0.1, -0.05) is 41.4 Å². The van der Waals surface area contributed by atoms with Crippen molar-refractivity contribution in [3.05, 3.63) is 94.4 Å². The van der Waals surface area contributed by atoms with Crippen molar-refractivity contribution in [1.29, 1.82) is 0 Å². The van der Waals surface area contributed by atoms with Gasteiger partial charge in [0.15, 0.2) is 0 Å². The molecule has 2 aromatic carbocycles. The molecule has 2 heterocycles. The van der Waals surface area contributed by atoms with E-state index in [2.05, 4.69) is 5.10 Å². The number of halogens is 1. The third-order valence-electron chi connectivity index (χ3n) is 4.42. The highest BCUT2D eigenvalue weighted by atomic mass is 35.5. The summed E-state index contributed by atoms with van der Waals surface area (Å²) in [6.07, 6.45) is 2.18. The van der Waals surface area contributed by atoms with Gasteiger partial charge in [-0.15, -0.1) is 0 Å². The first-order chi connectivity index (χ1) is 12.6. The fourth-order valence-electron chi connectivity index (χ4n) is 3.17. The van der Waals surface area contributed by atoms with Crippen molar-refractivity contribution >= 4 is 23.2 Å². The zero-order chi connectivity index (χ0) is 18.1. The molecule has 0 bridgehead atoms. The van der Waals surface area contributed by atoms with E-state index in [1.807, 2.05) is 67.6 Å². The topological polar surface area (TPSA) is 45.8 Å². The van der Waals surface area contributed by atoms with Gasteiger partial charge in [0, 0.05) is 17.0 Å². The summed E-state index contributed by atoms with van der Waals surface area (Å²) in [6.45, 7) is 1.97. The van der Waals surface area contributed by atoms with Crippen molar-refractivity contribution in [3.63, 3.8) is 0 Å². The Balaban J connectivity index is 1.74. The average Bonchev–Trinajstić information content (AvgIpc) is 3.30. The smallest absolute Gasteiger partial charge is 0.274 e. The number of hydrogen-bond acceptors (Lipinski definition) is 3. The predicted octanol–water partition coefficient (Wildman–Crippen LogP) is 5.23. The van der Waals surface area contributed by atoms with Gasteiger partial charge in [0.25, 0.3) is 5.91 Å². The van der Waals surface area contributed by atoms with E-state index < -0.39 is 0 Å². The number of hydrogen-bond donors (Lipinski definition) is 0. The van der Waals surface area contributed by atoms with Crippen LogP contribution in [0.25, 0.3) is 0 Å². The van der Waals surface area contributed by atoms with Gasteiger partial charge in [0.2, 0.25) is 0 Å². The lowest BCUT2D eigenvalue weighted by Crippen LogP contribution is -2.27. The summed E-state index contributed by atoms with van der Waals surface area (Å²) in [7, 11) is 0. The third-order valence-corrected chi connectivity index (χ3v) is 4.66. The van der Waals surface area contributed by atoms with Gasteiger partial charge >= 0.3 is 0 Å². The van der Waals surface area contributed by atoms with Crippen LogP contribution in [-0.2, 0) is 0 Å². The molecule has 5 heteroatoms. The zero-order valence-electron chi connectivity index (χ0n) is 14.2. The summed E-state index contributed by atoms with van der Waals surface area (Å²) in [4.78, 5) is 13.1. The van der Waals surface area contributed by atoms with Gasteiger partial charge in [-0.25, -0.2) is 5.01 Å². The molecular weight excluding hydrogens is 348 g/mol. The van der Waals surface area contributed by atoms with Crippen LogP contribution in [0, 0.1) is 6.92 Å². The molecule has 0 aliphatic carbocycles. The highest BCUT2D eigenvalue weighted by molar-refractivity contribution is 6.30. The van der Waals surface area contributed by atoms with Crippen molar-refractivity contribution in [1.82, 2.24) is 5.01 Å². The maximum atomic E-state index is 13.1. The Morgan fingerprint density at radius 3 is 2.73 bits per heavy atom. The van der Waals surface area contributed by atoms with Crippen molar-refractivity contribution in [2.24, 2.45) is 5.10 Å². The molecule has 1 amide bonds. The van der Waals surface area contributed by atoms with Gasteiger partial charge in [-0.3, -0.25) is 4.79 Å². The van der Waals surface area contributed by atoms with E-state index in [1.54, 1.807) is 6.26 Å². The van der Waals surface area contributed by atoms with Gasteiger partial charge in [-0.2, -0.15) is 5.10 Å². The van der Waals surface area contributed by atoms with Gasteiger partial charge in [-0.05, 0) is 48.9 Å². The van der Waals surface area contributed by atoms with Gasteiger partial charge in [0.1, 0.15) is 11.5 Å². The largest absolute Gasteiger partial charge is 0.463 e. The Hall–Kier alpha value is -2.85. The van der Waals surface area contributed by atoms with Crippen molar-refractivity contribution in [2.75, 3.05) is 0 Å². The second-order valence-corrected chi connectivity index (χ2v) is 6.75. The van der Waals surface area contributed by atoms with E-state index in [0.717, 1.165) is 16.8 Å². The fraction of sp³-hybridized carbons (Fsp3) is 0.143. The summed E-state index contributed by atoms with van der Waals surface area (Å²) in [5, 5.41) is 6.76. The van der Waals surface area contributed by atoms with Gasteiger partial charge < -0.3 is 4.42 Å². The molecule has 1 atom stereocenters. The average molecular weight is 365 g/mol. The highest BCUT2D eigenvalue weighted by Crippen LogP contribution is 2.35. The normalized spacial score (nSPS) is 16.6. The Morgan fingerprint density at radius 1 is 1.15 bits per heavy atom. The first kappa shape index (κ1) is 16.6. The van der Waals surface area contributed by atoms with Crippen LogP contribution in [0.3, 0.4) is 0 Å². The number of amides is 1. The van der Waals surface area contributed by atoms with Crippen LogP contribution in [0.2, 0.25) is 5.02 Å². The quantitative estimate of drug-likeness (QED) is 0.638. The van der Waals surface area contributed by atoms with E-state index >= 15 is 0 Å². The lowest BCUT2D eigenvalue weighted by molar-refractivity contribution is 0.0711. The van der Waals surface area contributed by atoms with Crippen LogP contribution in [0.5, 0.6) is 0 Å². The van der Waals surface area contributed by atoms with E-state index in [9.17, 15) is 4.79 Å². The second-order valence-electron chi connectivity index (χ2n) is 6.32. The molecule has 4 rings (SSSR count). The molecule has 1 aromatic heterocycles. The standard InChI is InChI=1S/C21H17ClN2O2/c1-14-5-2-7-16(11-14)21(25)24-19(15-6-3-8-17(22)12-15)13-18(23-24)20-9-4-10-26-20/h2-12,19H,13H2,1H3. The molecule has 0 saturated carbocycles. The molecule has 1 unspecified atom stereocenters. The summed E-state index contributed by atoms with van der Waals surface area (Å²) >= 11 is 6.16. The minimum absolute atomic E-state index is 0.139. The van der Waals surface area contributed by atoms with Crippen LogP contribution in [-0.4, -0.2) is 16.6 Å². The Kier molecular flexibility index (Phi) is 4.35. The maximum absolute atomic E-state index is 13.1. The molecule has 0 fully saturated rings. The number of carbonyl (C=O) groups excluding carboxylic acids is 1. The van der Waals surface area contributed by atoms with Crippen LogP contribution < -0.4 is 0 Å². The van der Waals surface area contributed by atoms with Crippen LogP contribution >= 0.6 is 11.6 Å². The van der Waals surface area contributed by atoms with Crippen molar-refractivity contribution in [3.8, 4) is 0 Å². The molecule has 0 radical (unpaired) electrons. The van der Waals surface area contributed by atoms with Crippen LogP contribution in [0.15, 0.2) is 76.4 Å². The van der Waals surface area contributed by atoms with E-state index in [0.29, 0.717) is 22.8 Å². The number of furan rings is 1. The minimum atomic E-state index is -0.221. The summed E-state index contributed by atoms with van der Waals surface area (Å²) in [5.74, 6) is 0.539. The fourth-order valence-corrected chi connectivity index (χ4v) is 3.37. The number of aryl methyl sites for hydroxylation is 1. The lowest BCUT2D eigenvalue weighted by atomic mass is 10.0. The highest BCUT2D eigenvalue weighted by Gasteiger charge is 2.34. The Morgan fingerprint density at radius 2 is 2.00 bits per heavy atom. The molecule has 0 N–H and O–H groups in total. The number of nitrogens with zero attached hydrogens (tertiary/aromatic N) is 2. The molecule has 26 heavy (non-hydrogen) atoms. The summed E-state index contributed by atoms with van der Waals surface area (Å²) in [6, 6.07) is 18.5. The van der Waals surface area contributed by atoms with Gasteiger partial charge in [0.05, 0.1) is 12.3 Å². The molecule has 130 valence electrons. The number of hydrazone groups is 1. The monoisotopic (exact) mass is 364 g/mol. The van der Waals surface area contributed by atoms with E-state index in [-0.39, 0.29) is 11.9 Å². The maximum Gasteiger partial charge on any atom is 0.274 e. The lowest BCUT2D eigenvalue weighted by Gasteiger charge is -2.22. The summed E-state index contributed by atoms with van der Waals surface area (Å²) < 4.78 is 5.48. The van der Waals surface area contributed by atoms with Crippen LogP contribution in [0.1, 0.15) is 39.7 Å². The first-order valence-electron chi connectivity index (χ1n) is 8.39. The molecule has 1 aliphatic heterocycles. The number of rotatable bonds is 3. The molecule has 0 spiro atoms. The third kappa shape index (κ3) is 3.16. The Labute approximate surface area is 156 Å². The first-order valence-corrected chi connectivity index (χ1v) is 8.76. The SMILES string of the molecule is Cc1cccc(C(=O)N2N=C(c3ccco3)CC2c2cccc(Cl)c2)c1. The number of benzene rings is 2. The predicted molar refractivity (Wildman–Crippen MR) is 101 cm³/mol. The number of carbonyl (C=O) groups is 1. The molecule has 4 nitrogen and oxygen atoms in total. The van der Waals surface area contributed by atoms with Crippen LogP contribution in [0.4, 0.5) is 0 Å².